The number of carbonyl (C=O) groups excluding carboxylic acids is 1. The normalized spacial score (nSPS) is 10.5. The van der Waals surface area contributed by atoms with Gasteiger partial charge in [0.05, 0.1) is 21.7 Å². The molecule has 2 aromatic carbocycles. The summed E-state index contributed by atoms with van der Waals surface area (Å²) in [6.07, 6.45) is 1.61. The van der Waals surface area contributed by atoms with Crippen LogP contribution in [0.5, 0.6) is 0 Å². The SMILES string of the molecule is N#Cc1cccc2[nH]cc(C(=O)c3ccc(Cl)c(Cl)c3)c12. The molecule has 0 radical (unpaired) electrons. The van der Waals surface area contributed by atoms with Crippen molar-refractivity contribution in [3.05, 3.63) is 69.3 Å². The van der Waals surface area contributed by atoms with Crippen molar-refractivity contribution in [3.63, 3.8) is 0 Å². The predicted octanol–water partition coefficient (Wildman–Crippen LogP) is 4.58. The van der Waals surface area contributed by atoms with Crippen LogP contribution < -0.4 is 0 Å². The first-order valence-corrected chi connectivity index (χ1v) is 6.87. The Morgan fingerprint density at radius 2 is 1.95 bits per heavy atom. The highest BCUT2D eigenvalue weighted by molar-refractivity contribution is 6.42. The van der Waals surface area contributed by atoms with Gasteiger partial charge in [-0.3, -0.25) is 4.79 Å². The highest BCUT2D eigenvalue weighted by Crippen LogP contribution is 2.27. The number of nitrogens with one attached hydrogen (secondary N) is 1. The van der Waals surface area contributed by atoms with Crippen molar-refractivity contribution in [2.45, 2.75) is 0 Å². The number of nitriles is 1. The van der Waals surface area contributed by atoms with Gasteiger partial charge in [0.25, 0.3) is 0 Å². The quantitative estimate of drug-likeness (QED) is 0.704. The molecule has 1 N–H and O–H groups in total. The lowest BCUT2D eigenvalue weighted by Crippen LogP contribution is -2.01. The van der Waals surface area contributed by atoms with Gasteiger partial charge in [0.2, 0.25) is 0 Å². The maximum Gasteiger partial charge on any atom is 0.195 e. The van der Waals surface area contributed by atoms with Gasteiger partial charge in [0, 0.05) is 28.2 Å². The zero-order valence-electron chi connectivity index (χ0n) is 10.7. The standard InChI is InChI=1S/C16H8Cl2N2O/c17-12-5-4-9(6-13(12)18)16(21)11-8-20-14-3-1-2-10(7-19)15(11)14/h1-6,8,20H. The molecule has 5 heteroatoms. The van der Waals surface area contributed by atoms with Crippen molar-refractivity contribution in [1.29, 1.82) is 5.26 Å². The Bertz CT molecular complexity index is 906. The van der Waals surface area contributed by atoms with E-state index in [1.165, 1.54) is 6.07 Å². The highest BCUT2D eigenvalue weighted by Gasteiger charge is 2.17. The average Bonchev–Trinajstić information content (AvgIpc) is 2.93. The van der Waals surface area contributed by atoms with Crippen LogP contribution in [0.4, 0.5) is 0 Å². The van der Waals surface area contributed by atoms with E-state index in [1.54, 1.807) is 30.5 Å². The molecule has 0 fully saturated rings. The fraction of sp³-hybridized carbons (Fsp3) is 0. The number of hydrogen-bond acceptors (Lipinski definition) is 2. The zero-order valence-corrected chi connectivity index (χ0v) is 12.2. The van der Waals surface area contributed by atoms with E-state index < -0.39 is 0 Å². The Kier molecular flexibility index (Phi) is 3.42. The molecule has 0 spiro atoms. The smallest absolute Gasteiger partial charge is 0.195 e. The molecule has 3 nitrogen and oxygen atoms in total. The van der Waals surface area contributed by atoms with E-state index in [1.807, 2.05) is 6.07 Å². The van der Waals surface area contributed by atoms with Crippen LogP contribution in [0.3, 0.4) is 0 Å². The summed E-state index contributed by atoms with van der Waals surface area (Å²) in [4.78, 5) is 15.6. The van der Waals surface area contributed by atoms with Crippen LogP contribution in [0.2, 0.25) is 10.0 Å². The number of ketones is 1. The van der Waals surface area contributed by atoms with E-state index >= 15 is 0 Å². The lowest BCUT2D eigenvalue weighted by molar-refractivity contribution is 0.104. The number of carbonyl (C=O) groups is 1. The van der Waals surface area contributed by atoms with Gasteiger partial charge in [-0.15, -0.1) is 0 Å². The molecule has 21 heavy (non-hydrogen) atoms. The summed E-state index contributed by atoms with van der Waals surface area (Å²) in [5, 5.41) is 10.5. The number of rotatable bonds is 2. The van der Waals surface area contributed by atoms with Gasteiger partial charge in [0.1, 0.15) is 0 Å². The van der Waals surface area contributed by atoms with E-state index in [2.05, 4.69) is 11.1 Å². The first kappa shape index (κ1) is 13.7. The van der Waals surface area contributed by atoms with Crippen molar-refractivity contribution in [1.82, 2.24) is 4.98 Å². The van der Waals surface area contributed by atoms with Crippen LogP contribution in [0.15, 0.2) is 42.6 Å². The third-order valence-electron chi connectivity index (χ3n) is 3.25. The average molecular weight is 315 g/mol. The highest BCUT2D eigenvalue weighted by atomic mass is 35.5. The largest absolute Gasteiger partial charge is 0.360 e. The molecule has 0 aliphatic carbocycles. The van der Waals surface area contributed by atoms with Crippen molar-refractivity contribution in [2.75, 3.05) is 0 Å². The Labute approximate surface area is 130 Å². The summed E-state index contributed by atoms with van der Waals surface area (Å²) in [7, 11) is 0. The Morgan fingerprint density at radius 1 is 1.14 bits per heavy atom. The van der Waals surface area contributed by atoms with Gasteiger partial charge >= 0.3 is 0 Å². The second-order valence-electron chi connectivity index (χ2n) is 4.50. The molecule has 0 unspecified atom stereocenters. The molecule has 0 saturated carbocycles. The number of aromatic nitrogens is 1. The molecule has 102 valence electrons. The third kappa shape index (κ3) is 2.29. The molecule has 0 aliphatic rings. The zero-order chi connectivity index (χ0) is 15.0. The van der Waals surface area contributed by atoms with E-state index in [0.29, 0.717) is 32.1 Å². The van der Waals surface area contributed by atoms with Crippen LogP contribution in [0.25, 0.3) is 10.9 Å². The molecule has 0 aliphatic heterocycles. The molecular formula is C16H8Cl2N2O. The number of nitrogens with zero attached hydrogens (tertiary/aromatic N) is 1. The second-order valence-corrected chi connectivity index (χ2v) is 5.31. The lowest BCUT2D eigenvalue weighted by atomic mass is 10.00. The molecule has 1 heterocycles. The summed E-state index contributed by atoms with van der Waals surface area (Å²) in [5.74, 6) is -0.206. The Morgan fingerprint density at radius 3 is 2.67 bits per heavy atom. The van der Waals surface area contributed by atoms with Crippen LogP contribution in [0.1, 0.15) is 21.5 Å². The summed E-state index contributed by atoms with van der Waals surface area (Å²) < 4.78 is 0. The molecule has 0 amide bonds. The number of aromatic amines is 1. The fourth-order valence-electron chi connectivity index (χ4n) is 2.25. The molecule has 0 saturated heterocycles. The van der Waals surface area contributed by atoms with Gasteiger partial charge in [-0.25, -0.2) is 0 Å². The van der Waals surface area contributed by atoms with Gasteiger partial charge in [-0.05, 0) is 30.3 Å². The van der Waals surface area contributed by atoms with Crippen LogP contribution >= 0.6 is 23.2 Å². The van der Waals surface area contributed by atoms with Gasteiger partial charge in [-0.1, -0.05) is 29.3 Å². The van der Waals surface area contributed by atoms with Crippen LogP contribution in [-0.4, -0.2) is 10.8 Å². The molecule has 3 rings (SSSR count). The summed E-state index contributed by atoms with van der Waals surface area (Å²) in [6, 6.07) is 12.1. The number of fused-ring (bicyclic) bond motifs is 1. The number of H-pyrrole nitrogens is 1. The Balaban J connectivity index is 2.18. The van der Waals surface area contributed by atoms with Crippen molar-refractivity contribution >= 4 is 39.9 Å². The molecule has 0 atom stereocenters. The summed E-state index contributed by atoms with van der Waals surface area (Å²) in [5.41, 5.74) is 2.08. The first-order chi connectivity index (χ1) is 10.1. The maximum absolute atomic E-state index is 12.6. The molecule has 3 aromatic rings. The predicted molar refractivity (Wildman–Crippen MR) is 82.9 cm³/mol. The Hall–Kier alpha value is -2.28. The van der Waals surface area contributed by atoms with Gasteiger partial charge in [0.15, 0.2) is 5.78 Å². The number of hydrogen-bond donors (Lipinski definition) is 1. The second kappa shape index (κ2) is 5.25. The monoisotopic (exact) mass is 314 g/mol. The van der Waals surface area contributed by atoms with E-state index in [0.717, 1.165) is 5.52 Å². The molecule has 0 bridgehead atoms. The topological polar surface area (TPSA) is 56.6 Å². The van der Waals surface area contributed by atoms with Crippen molar-refractivity contribution in [2.24, 2.45) is 0 Å². The van der Waals surface area contributed by atoms with Crippen molar-refractivity contribution < 1.29 is 4.79 Å². The van der Waals surface area contributed by atoms with Crippen molar-refractivity contribution in [3.8, 4) is 6.07 Å². The summed E-state index contributed by atoms with van der Waals surface area (Å²) >= 11 is 11.8. The van der Waals surface area contributed by atoms with Gasteiger partial charge < -0.3 is 4.98 Å². The number of benzene rings is 2. The minimum atomic E-state index is -0.206. The summed E-state index contributed by atoms with van der Waals surface area (Å²) in [6.45, 7) is 0. The van der Waals surface area contributed by atoms with E-state index in [9.17, 15) is 10.1 Å². The van der Waals surface area contributed by atoms with Crippen LogP contribution in [0, 0.1) is 11.3 Å². The van der Waals surface area contributed by atoms with E-state index in [-0.39, 0.29) is 5.78 Å². The lowest BCUT2D eigenvalue weighted by Gasteiger charge is -2.03. The van der Waals surface area contributed by atoms with Gasteiger partial charge in [-0.2, -0.15) is 5.26 Å². The molecule has 1 aromatic heterocycles. The third-order valence-corrected chi connectivity index (χ3v) is 3.99. The number of halogens is 2. The molecular weight excluding hydrogens is 307 g/mol. The maximum atomic E-state index is 12.6. The minimum absolute atomic E-state index is 0.206. The first-order valence-electron chi connectivity index (χ1n) is 6.12. The van der Waals surface area contributed by atoms with E-state index in [4.69, 9.17) is 23.2 Å². The van der Waals surface area contributed by atoms with Crippen LogP contribution in [-0.2, 0) is 0 Å². The fourth-order valence-corrected chi connectivity index (χ4v) is 2.55. The minimum Gasteiger partial charge on any atom is -0.360 e.